The minimum absolute atomic E-state index is 0.250. The summed E-state index contributed by atoms with van der Waals surface area (Å²) in [6.45, 7) is 0.350. The van der Waals surface area contributed by atoms with Crippen molar-refractivity contribution in [2.24, 2.45) is 7.05 Å². The van der Waals surface area contributed by atoms with Crippen molar-refractivity contribution in [2.45, 2.75) is 16.8 Å². The Morgan fingerprint density at radius 1 is 1.23 bits per heavy atom. The van der Waals surface area contributed by atoms with Crippen molar-refractivity contribution in [1.82, 2.24) is 38.9 Å². The minimum atomic E-state index is -0.250. The van der Waals surface area contributed by atoms with Crippen LogP contribution < -0.4 is 0 Å². The highest BCUT2D eigenvalue weighted by molar-refractivity contribution is 7.99. The fraction of sp³-hybridized carbons (Fsp3) is 0.111. The number of carboxylic acid groups (broad SMARTS) is 1. The molecule has 0 amide bonds. The number of fused-ring (bicyclic) bond motifs is 1. The van der Waals surface area contributed by atoms with Crippen molar-refractivity contribution in [3.05, 3.63) is 61.1 Å². The third kappa shape index (κ3) is 3.93. The number of aromatic nitrogens is 8. The predicted octanol–water partition coefficient (Wildman–Crippen LogP) is 2.21. The highest BCUT2D eigenvalue weighted by Gasteiger charge is 2.14. The Morgan fingerprint density at radius 2 is 2.10 bits per heavy atom. The van der Waals surface area contributed by atoms with Crippen LogP contribution in [0.2, 0.25) is 0 Å². The van der Waals surface area contributed by atoms with Crippen LogP contribution in [0, 0.1) is 0 Å². The Morgan fingerprint density at radius 3 is 2.90 bits per heavy atom. The van der Waals surface area contributed by atoms with Gasteiger partial charge in [0.15, 0.2) is 27.5 Å². The summed E-state index contributed by atoms with van der Waals surface area (Å²) in [7, 11) is 1.89. The molecule has 0 saturated carbocycles. The van der Waals surface area contributed by atoms with Gasteiger partial charge in [0.05, 0.1) is 12.2 Å². The van der Waals surface area contributed by atoms with Crippen LogP contribution in [0.5, 0.6) is 0 Å². The van der Waals surface area contributed by atoms with Gasteiger partial charge in [0.1, 0.15) is 12.7 Å². The Labute approximate surface area is 174 Å². The summed E-state index contributed by atoms with van der Waals surface area (Å²) in [5.74, 6) is 1.44. The highest BCUT2D eigenvalue weighted by Crippen LogP contribution is 2.31. The molecule has 5 aromatic rings. The van der Waals surface area contributed by atoms with Crippen molar-refractivity contribution in [3.63, 3.8) is 0 Å². The van der Waals surface area contributed by atoms with Gasteiger partial charge in [0, 0.05) is 19.4 Å². The van der Waals surface area contributed by atoms with E-state index >= 15 is 0 Å². The Kier molecular flexibility index (Phi) is 5.57. The normalized spacial score (nSPS) is 10.7. The van der Waals surface area contributed by atoms with Crippen LogP contribution in [0.4, 0.5) is 0 Å². The third-order valence-electron chi connectivity index (χ3n) is 4.09. The maximum atomic E-state index is 8.36. The topological polar surface area (TPSA) is 129 Å². The first-order chi connectivity index (χ1) is 14.7. The molecule has 5 rings (SSSR count). The van der Waals surface area contributed by atoms with Gasteiger partial charge in [0.25, 0.3) is 6.47 Å². The number of aryl methyl sites for hydroxylation is 1. The highest BCUT2D eigenvalue weighted by atomic mass is 32.2. The lowest BCUT2D eigenvalue weighted by atomic mass is 10.3. The molecule has 0 saturated heterocycles. The largest absolute Gasteiger partial charge is 0.483 e. The summed E-state index contributed by atoms with van der Waals surface area (Å²) in [5, 5.41) is 20.6. The molecule has 0 radical (unpaired) electrons. The van der Waals surface area contributed by atoms with Gasteiger partial charge < -0.3 is 18.7 Å². The van der Waals surface area contributed by atoms with E-state index in [9.17, 15) is 0 Å². The van der Waals surface area contributed by atoms with Crippen molar-refractivity contribution in [3.8, 4) is 11.6 Å². The quantitative estimate of drug-likeness (QED) is 0.422. The van der Waals surface area contributed by atoms with E-state index in [1.807, 2.05) is 57.2 Å². The molecule has 0 aliphatic carbocycles. The van der Waals surface area contributed by atoms with Crippen LogP contribution in [0.15, 0.2) is 70.0 Å². The summed E-state index contributed by atoms with van der Waals surface area (Å²) in [4.78, 5) is 17.0. The van der Waals surface area contributed by atoms with Crippen LogP contribution in [0.1, 0.15) is 5.69 Å². The third-order valence-corrected chi connectivity index (χ3v) is 5.06. The number of imidazole rings is 1. The van der Waals surface area contributed by atoms with E-state index in [1.165, 1.54) is 11.8 Å². The zero-order valence-electron chi connectivity index (χ0n) is 15.7. The van der Waals surface area contributed by atoms with Crippen LogP contribution in [0.3, 0.4) is 0 Å². The van der Waals surface area contributed by atoms with E-state index in [0.717, 1.165) is 27.4 Å². The van der Waals surface area contributed by atoms with Crippen molar-refractivity contribution in [1.29, 1.82) is 0 Å². The summed E-state index contributed by atoms with van der Waals surface area (Å²) < 4.78 is 11.7. The van der Waals surface area contributed by atoms with E-state index in [0.29, 0.717) is 12.3 Å². The first-order valence-corrected chi connectivity index (χ1v) is 9.50. The van der Waals surface area contributed by atoms with Gasteiger partial charge in [0.2, 0.25) is 0 Å². The molecule has 152 valence electrons. The summed E-state index contributed by atoms with van der Waals surface area (Å²) >= 11 is 1.42. The Hall–Kier alpha value is -3.93. The molecule has 0 fully saturated rings. The molecule has 11 nitrogen and oxygen atoms in total. The lowest BCUT2D eigenvalue weighted by molar-refractivity contribution is -0.122. The number of hydrogen-bond acceptors (Lipinski definition) is 8. The number of nitrogens with zero attached hydrogens (tertiary/aromatic N) is 8. The van der Waals surface area contributed by atoms with Crippen LogP contribution >= 0.6 is 11.8 Å². The van der Waals surface area contributed by atoms with Gasteiger partial charge in [-0.2, -0.15) is 5.10 Å². The molecule has 0 spiro atoms. The Bertz CT molecular complexity index is 1270. The molecule has 0 aliphatic rings. The number of pyridine rings is 1. The molecular weight excluding hydrogens is 408 g/mol. The van der Waals surface area contributed by atoms with Crippen LogP contribution in [0.25, 0.3) is 17.2 Å². The standard InChI is InChI=1S/C17H14N8OS.CH2O2/c1-23-11-20-22-17(23)27-15-6-5-13(26-15)16-18-7-8-24(16)9-12-3-2-4-14-19-10-21-25(12)14;2-1-3/h2-8,10-11H,9H2,1H3;1H,(H,2,3). The second-order valence-corrected chi connectivity index (χ2v) is 6.95. The average Bonchev–Trinajstić information content (AvgIpc) is 3.51. The molecule has 5 aromatic heterocycles. The zero-order valence-corrected chi connectivity index (χ0v) is 16.5. The van der Waals surface area contributed by atoms with Crippen LogP contribution in [-0.4, -0.2) is 50.5 Å². The molecule has 1 N–H and O–H groups in total. The average molecular weight is 424 g/mol. The van der Waals surface area contributed by atoms with Crippen molar-refractivity contribution >= 4 is 23.9 Å². The fourth-order valence-corrected chi connectivity index (χ4v) is 3.53. The van der Waals surface area contributed by atoms with Crippen molar-refractivity contribution < 1.29 is 14.3 Å². The van der Waals surface area contributed by atoms with Crippen LogP contribution in [-0.2, 0) is 18.4 Å². The predicted molar refractivity (Wildman–Crippen MR) is 106 cm³/mol. The molecule has 30 heavy (non-hydrogen) atoms. The van der Waals surface area contributed by atoms with E-state index in [1.54, 1.807) is 18.9 Å². The maximum absolute atomic E-state index is 8.36. The first-order valence-electron chi connectivity index (χ1n) is 8.68. The molecular formula is C18H16N8O3S. The van der Waals surface area contributed by atoms with Gasteiger partial charge in [-0.3, -0.25) is 4.79 Å². The van der Waals surface area contributed by atoms with Gasteiger partial charge >= 0.3 is 0 Å². The van der Waals surface area contributed by atoms with E-state index < -0.39 is 0 Å². The molecule has 0 bridgehead atoms. The monoisotopic (exact) mass is 424 g/mol. The number of hydrogen-bond donors (Lipinski definition) is 1. The van der Waals surface area contributed by atoms with Crippen molar-refractivity contribution in [2.75, 3.05) is 0 Å². The number of furan rings is 1. The second kappa shape index (κ2) is 8.61. The molecule has 5 heterocycles. The molecule has 0 unspecified atom stereocenters. The van der Waals surface area contributed by atoms with Gasteiger partial charge in [-0.15, -0.1) is 10.2 Å². The zero-order chi connectivity index (χ0) is 20.9. The Balaban J connectivity index is 0.000000687. The lowest BCUT2D eigenvalue weighted by Crippen LogP contribution is -2.06. The van der Waals surface area contributed by atoms with Gasteiger partial charge in [-0.1, -0.05) is 6.07 Å². The molecule has 0 atom stereocenters. The minimum Gasteiger partial charge on any atom is -0.483 e. The SMILES string of the molecule is Cn1cnnc1Sc1ccc(-c2nccn2Cc2cccc3ncnn23)o1.O=CO. The molecule has 0 aromatic carbocycles. The maximum Gasteiger partial charge on any atom is 0.290 e. The van der Waals surface area contributed by atoms with E-state index in [4.69, 9.17) is 14.3 Å². The second-order valence-electron chi connectivity index (χ2n) is 5.98. The summed E-state index contributed by atoms with van der Waals surface area (Å²) in [6, 6.07) is 9.73. The summed E-state index contributed by atoms with van der Waals surface area (Å²) in [5.41, 5.74) is 1.82. The fourth-order valence-electron chi connectivity index (χ4n) is 2.81. The first kappa shape index (κ1) is 19.4. The van der Waals surface area contributed by atoms with E-state index in [2.05, 4.69) is 25.3 Å². The smallest absolute Gasteiger partial charge is 0.290 e. The van der Waals surface area contributed by atoms with Gasteiger partial charge in [-0.05, 0) is 36.0 Å². The lowest BCUT2D eigenvalue weighted by Gasteiger charge is -2.07. The van der Waals surface area contributed by atoms with Gasteiger partial charge in [-0.25, -0.2) is 14.5 Å². The summed E-state index contributed by atoms with van der Waals surface area (Å²) in [6.07, 6.45) is 6.89. The molecule has 0 aliphatic heterocycles. The number of rotatable bonds is 5. The van der Waals surface area contributed by atoms with E-state index in [-0.39, 0.29) is 6.47 Å². The molecule has 12 heteroatoms. The number of carbonyl (C=O) groups is 1.